The van der Waals surface area contributed by atoms with Crippen LogP contribution in [0.4, 0.5) is 10.1 Å². The Kier molecular flexibility index (Phi) is 7.75. The minimum Gasteiger partial charge on any atom is -0.481 e. The lowest BCUT2D eigenvalue weighted by Gasteiger charge is -2.14. The van der Waals surface area contributed by atoms with Crippen LogP contribution in [0.1, 0.15) is 43.9 Å². The van der Waals surface area contributed by atoms with Crippen LogP contribution in [0.25, 0.3) is 17.2 Å². The van der Waals surface area contributed by atoms with Crippen molar-refractivity contribution < 1.29 is 19.1 Å². The Bertz CT molecular complexity index is 981. The molecular weight excluding hydrogens is 383 g/mol. The van der Waals surface area contributed by atoms with Crippen LogP contribution in [0.5, 0.6) is 0 Å². The number of rotatable bonds is 8. The molecule has 0 saturated heterocycles. The van der Waals surface area contributed by atoms with E-state index in [1.54, 1.807) is 19.1 Å². The van der Waals surface area contributed by atoms with Crippen molar-refractivity contribution in [2.75, 3.05) is 11.9 Å². The molecule has 3 N–H and O–H groups in total. The van der Waals surface area contributed by atoms with Crippen LogP contribution < -0.4 is 10.6 Å². The van der Waals surface area contributed by atoms with Crippen LogP contribution in [-0.4, -0.2) is 29.6 Å². The maximum Gasteiger partial charge on any atom is 0.305 e. The second-order valence-corrected chi connectivity index (χ2v) is 7.74. The Hall–Kier alpha value is -3.15. The van der Waals surface area contributed by atoms with Crippen molar-refractivity contribution in [1.82, 2.24) is 5.32 Å². The van der Waals surface area contributed by atoms with Gasteiger partial charge in [-0.05, 0) is 81.1 Å². The molecule has 6 heteroatoms. The van der Waals surface area contributed by atoms with Gasteiger partial charge in [-0.15, -0.1) is 0 Å². The van der Waals surface area contributed by atoms with Gasteiger partial charge in [-0.1, -0.05) is 12.1 Å². The summed E-state index contributed by atoms with van der Waals surface area (Å²) in [5.41, 5.74) is 5.23. The second-order valence-electron chi connectivity index (χ2n) is 7.74. The molecule has 0 radical (unpaired) electrons. The van der Waals surface area contributed by atoms with Crippen molar-refractivity contribution in [2.45, 2.75) is 47.1 Å². The van der Waals surface area contributed by atoms with E-state index in [0.29, 0.717) is 11.1 Å². The van der Waals surface area contributed by atoms with E-state index in [2.05, 4.69) is 10.6 Å². The molecule has 1 amide bonds. The van der Waals surface area contributed by atoms with Crippen LogP contribution >= 0.6 is 0 Å². The van der Waals surface area contributed by atoms with Gasteiger partial charge < -0.3 is 15.7 Å². The van der Waals surface area contributed by atoms with Crippen molar-refractivity contribution in [3.05, 3.63) is 58.4 Å². The number of amides is 1. The second kappa shape index (κ2) is 10.1. The van der Waals surface area contributed by atoms with Crippen molar-refractivity contribution in [2.24, 2.45) is 0 Å². The zero-order valence-corrected chi connectivity index (χ0v) is 18.1. The summed E-state index contributed by atoms with van der Waals surface area (Å²) in [5.74, 6) is -1.56. The fourth-order valence-electron chi connectivity index (χ4n) is 3.16. The third-order valence-electron chi connectivity index (χ3n) is 4.68. The number of nitrogens with one attached hydrogen (secondary N) is 2. The molecule has 5 nitrogen and oxygen atoms in total. The largest absolute Gasteiger partial charge is 0.481 e. The molecule has 0 heterocycles. The molecule has 0 atom stereocenters. The first-order chi connectivity index (χ1) is 14.1. The highest BCUT2D eigenvalue weighted by atomic mass is 19.1. The number of carboxylic acid groups (broad SMARTS) is 1. The summed E-state index contributed by atoms with van der Waals surface area (Å²) in [5, 5.41) is 14.4. The van der Waals surface area contributed by atoms with Crippen molar-refractivity contribution in [3.63, 3.8) is 0 Å². The first-order valence-electron chi connectivity index (χ1n) is 9.94. The van der Waals surface area contributed by atoms with E-state index in [-0.39, 0.29) is 30.7 Å². The summed E-state index contributed by atoms with van der Waals surface area (Å²) in [6.45, 7) is 9.58. The number of carboxylic acids is 1. The number of halogens is 1. The monoisotopic (exact) mass is 412 g/mol. The highest BCUT2D eigenvalue weighted by molar-refractivity contribution is 5.97. The van der Waals surface area contributed by atoms with Gasteiger partial charge in [0.2, 0.25) is 5.91 Å². The number of carbonyl (C=O) groups is 2. The molecule has 0 fully saturated rings. The van der Waals surface area contributed by atoms with Gasteiger partial charge in [0, 0.05) is 29.4 Å². The zero-order valence-electron chi connectivity index (χ0n) is 18.1. The maximum atomic E-state index is 14.7. The molecule has 0 unspecified atom stereocenters. The predicted molar refractivity (Wildman–Crippen MR) is 119 cm³/mol. The molecule has 2 aromatic rings. The molecule has 0 aliphatic rings. The van der Waals surface area contributed by atoms with E-state index in [4.69, 9.17) is 5.11 Å². The summed E-state index contributed by atoms with van der Waals surface area (Å²) in [6.07, 6.45) is 1.64. The fraction of sp³-hybridized carbons (Fsp3) is 0.333. The first-order valence-corrected chi connectivity index (χ1v) is 9.94. The minimum absolute atomic E-state index is 0.0806. The van der Waals surface area contributed by atoms with Crippen LogP contribution in [-0.2, 0) is 9.59 Å². The van der Waals surface area contributed by atoms with Gasteiger partial charge in [0.05, 0.1) is 6.42 Å². The van der Waals surface area contributed by atoms with Crippen LogP contribution in [0.2, 0.25) is 0 Å². The quantitative estimate of drug-likeness (QED) is 0.538. The average Bonchev–Trinajstić information content (AvgIpc) is 2.64. The normalized spacial score (nSPS) is 11.5. The molecule has 0 saturated carbocycles. The van der Waals surface area contributed by atoms with Crippen LogP contribution in [0.3, 0.4) is 0 Å². The summed E-state index contributed by atoms with van der Waals surface area (Å²) in [7, 11) is 0. The predicted octanol–water partition coefficient (Wildman–Crippen LogP) is 4.92. The number of aliphatic carboxylic acids is 1. The summed E-state index contributed by atoms with van der Waals surface area (Å²) in [6, 6.07) is 9.22. The van der Waals surface area contributed by atoms with Gasteiger partial charge in [0.1, 0.15) is 5.82 Å². The first kappa shape index (κ1) is 23.1. The van der Waals surface area contributed by atoms with Gasteiger partial charge in [0.25, 0.3) is 0 Å². The standard InChI is InChI=1S/C24H29FN2O3/c1-14(2)27-19-6-7-20(22(25)13-19)21-12-15(3)18(10-16(21)4)11-17(5)24(30)26-9-8-23(28)29/h6-7,10-14,27H,8-9H2,1-5H3,(H,26,30)(H,28,29)/b17-11+. The summed E-state index contributed by atoms with van der Waals surface area (Å²) < 4.78 is 14.7. The number of aryl methyl sites for hydroxylation is 2. The summed E-state index contributed by atoms with van der Waals surface area (Å²) >= 11 is 0. The Balaban J connectivity index is 2.27. The number of carbonyl (C=O) groups excluding carboxylic acids is 1. The third-order valence-corrected chi connectivity index (χ3v) is 4.68. The number of hydrogen-bond donors (Lipinski definition) is 3. The minimum atomic E-state index is -0.959. The van der Waals surface area contributed by atoms with E-state index in [9.17, 15) is 14.0 Å². The number of benzene rings is 2. The molecule has 0 spiro atoms. The Morgan fingerprint density at radius 1 is 1.10 bits per heavy atom. The molecule has 2 rings (SSSR count). The fourth-order valence-corrected chi connectivity index (χ4v) is 3.16. The van der Waals surface area contributed by atoms with E-state index < -0.39 is 5.97 Å². The highest BCUT2D eigenvalue weighted by Gasteiger charge is 2.12. The van der Waals surface area contributed by atoms with E-state index in [1.165, 1.54) is 6.07 Å². The van der Waals surface area contributed by atoms with E-state index in [0.717, 1.165) is 27.9 Å². The molecule has 160 valence electrons. The molecule has 0 bridgehead atoms. The van der Waals surface area contributed by atoms with Gasteiger partial charge in [-0.2, -0.15) is 0 Å². The topological polar surface area (TPSA) is 78.4 Å². The molecule has 0 aliphatic carbocycles. The lowest BCUT2D eigenvalue weighted by molar-refractivity contribution is -0.136. The highest BCUT2D eigenvalue weighted by Crippen LogP contribution is 2.31. The Labute approximate surface area is 177 Å². The van der Waals surface area contributed by atoms with Gasteiger partial charge in [-0.3, -0.25) is 9.59 Å². The summed E-state index contributed by atoms with van der Waals surface area (Å²) in [4.78, 5) is 22.7. The Morgan fingerprint density at radius 3 is 2.40 bits per heavy atom. The van der Waals surface area contributed by atoms with E-state index in [1.807, 2.05) is 45.9 Å². The molecule has 2 aromatic carbocycles. The number of anilines is 1. The molecule has 30 heavy (non-hydrogen) atoms. The zero-order chi connectivity index (χ0) is 22.4. The molecular formula is C24H29FN2O3. The van der Waals surface area contributed by atoms with Crippen molar-refractivity contribution in [1.29, 1.82) is 0 Å². The maximum absolute atomic E-state index is 14.7. The lowest BCUT2D eigenvalue weighted by atomic mass is 9.93. The average molecular weight is 413 g/mol. The van der Waals surface area contributed by atoms with Gasteiger partial charge in [0.15, 0.2) is 0 Å². The van der Waals surface area contributed by atoms with Crippen LogP contribution in [0, 0.1) is 19.7 Å². The van der Waals surface area contributed by atoms with E-state index >= 15 is 0 Å². The lowest BCUT2D eigenvalue weighted by Crippen LogP contribution is -2.26. The van der Waals surface area contributed by atoms with Gasteiger partial charge in [-0.25, -0.2) is 4.39 Å². The molecule has 0 aliphatic heterocycles. The number of hydrogen-bond acceptors (Lipinski definition) is 3. The SMILES string of the molecule is C/C(=C\c1cc(C)c(-c2ccc(NC(C)C)cc2F)cc1C)C(=O)NCCC(=O)O. The smallest absolute Gasteiger partial charge is 0.305 e. The third kappa shape index (κ3) is 6.17. The van der Waals surface area contributed by atoms with Crippen molar-refractivity contribution in [3.8, 4) is 11.1 Å². The molecule has 0 aromatic heterocycles. The Morgan fingerprint density at radius 2 is 1.80 bits per heavy atom. The van der Waals surface area contributed by atoms with Gasteiger partial charge >= 0.3 is 5.97 Å². The van der Waals surface area contributed by atoms with Crippen LogP contribution in [0.15, 0.2) is 35.9 Å². The van der Waals surface area contributed by atoms with Crippen molar-refractivity contribution >= 4 is 23.6 Å².